The van der Waals surface area contributed by atoms with Crippen molar-refractivity contribution in [1.29, 1.82) is 0 Å². The molecule has 52 heavy (non-hydrogen) atoms. The highest BCUT2D eigenvalue weighted by molar-refractivity contribution is 6.06. The molecule has 0 spiro atoms. The molecule has 8 rings (SSSR count). The number of carbonyl (C=O) groups is 3. The number of ketones is 1. The van der Waals surface area contributed by atoms with Crippen molar-refractivity contribution in [2.45, 2.75) is 57.0 Å². The molecule has 5 aromatic rings. The first kappa shape index (κ1) is 33.1. The lowest BCUT2D eigenvalue weighted by Crippen LogP contribution is -2.44. The third-order valence-corrected chi connectivity index (χ3v) is 10.2. The number of allylic oxidation sites excluding steroid dienone is 1. The molecule has 3 aliphatic rings. The van der Waals surface area contributed by atoms with Gasteiger partial charge >= 0.3 is 5.69 Å². The van der Waals surface area contributed by atoms with Gasteiger partial charge in [-0.15, -0.1) is 5.10 Å². The number of aryl methyl sites for hydroxylation is 1. The molecule has 3 fully saturated rings. The molecule has 3 atom stereocenters. The van der Waals surface area contributed by atoms with Crippen molar-refractivity contribution in [3.8, 4) is 5.75 Å². The lowest BCUT2D eigenvalue weighted by molar-refractivity contribution is -0.135. The summed E-state index contributed by atoms with van der Waals surface area (Å²) in [6.07, 6.45) is 6.76. The summed E-state index contributed by atoms with van der Waals surface area (Å²) in [6, 6.07) is 18.1. The predicted octanol–water partition coefficient (Wildman–Crippen LogP) is 2.01. The number of piperidine rings is 1. The third-order valence-electron chi connectivity index (χ3n) is 10.2. The van der Waals surface area contributed by atoms with Crippen LogP contribution in [0.15, 0.2) is 83.9 Å². The van der Waals surface area contributed by atoms with Gasteiger partial charge in [-0.05, 0) is 54.8 Å². The second-order valence-electron chi connectivity index (χ2n) is 13.6. The van der Waals surface area contributed by atoms with Gasteiger partial charge in [-0.25, -0.2) is 14.5 Å². The van der Waals surface area contributed by atoms with E-state index in [4.69, 9.17) is 4.98 Å². The van der Waals surface area contributed by atoms with E-state index in [1.165, 1.54) is 21.3 Å². The van der Waals surface area contributed by atoms with Crippen LogP contribution in [0.2, 0.25) is 0 Å². The van der Waals surface area contributed by atoms with Crippen molar-refractivity contribution in [3.63, 3.8) is 0 Å². The zero-order valence-electron chi connectivity index (χ0n) is 28.6. The number of aromatic nitrogens is 6. The minimum absolute atomic E-state index is 0.0144. The Bertz CT molecular complexity index is 2290. The topological polar surface area (TPSA) is 173 Å². The molecule has 3 saturated heterocycles. The maximum Gasteiger partial charge on any atom is 0.329 e. The summed E-state index contributed by atoms with van der Waals surface area (Å²) in [5, 5.41) is 24.4. The van der Waals surface area contributed by atoms with E-state index < -0.39 is 11.9 Å². The molecule has 15 nitrogen and oxygen atoms in total. The van der Waals surface area contributed by atoms with E-state index in [1.54, 1.807) is 29.9 Å². The van der Waals surface area contributed by atoms with E-state index in [0.29, 0.717) is 42.7 Å². The van der Waals surface area contributed by atoms with Crippen LogP contribution < -0.4 is 21.2 Å². The van der Waals surface area contributed by atoms with Gasteiger partial charge in [0.15, 0.2) is 5.78 Å². The molecule has 2 aromatic carbocycles. The number of para-hydroxylation sites is 1. The highest BCUT2D eigenvalue weighted by Gasteiger charge is 2.42. The number of fused-ring (bicyclic) bond motifs is 3. The van der Waals surface area contributed by atoms with Gasteiger partial charge in [0.25, 0.3) is 0 Å². The largest absolute Gasteiger partial charge is 0.507 e. The van der Waals surface area contributed by atoms with Crippen LogP contribution in [0.4, 0.5) is 5.82 Å². The summed E-state index contributed by atoms with van der Waals surface area (Å²) in [7, 11) is 1.68. The Balaban J connectivity index is 0.850. The van der Waals surface area contributed by atoms with Gasteiger partial charge in [-0.2, -0.15) is 0 Å². The standard InChI is InChI=1S/C37H38N10O5/c1-43-31-15-23(9-10-29(31)47(37(43)52)30-11-12-35(50)40-36(30)51)17-38-18-25-20-45(42-41-25)19-24-5-4-8-34(39-24)46-22-26-16-27(46)21-44(26)14-13-33(49)28-6-2-3-7-32(28)48/h2-10,13-15,20,26-27,30,38,48H,11-12,16-19,21-22H2,1H3,(H,40,50,51)/b14-13+/t26-,27-,30?/m1/s1. The predicted molar refractivity (Wildman–Crippen MR) is 190 cm³/mol. The van der Waals surface area contributed by atoms with E-state index in [9.17, 15) is 24.3 Å². The molecule has 0 radical (unpaired) electrons. The van der Waals surface area contributed by atoms with E-state index >= 15 is 0 Å². The number of imidazole rings is 1. The van der Waals surface area contributed by atoms with Crippen LogP contribution >= 0.6 is 0 Å². The lowest BCUT2D eigenvalue weighted by atomic mass is 10.1. The zero-order valence-corrected chi connectivity index (χ0v) is 28.6. The molecule has 6 heterocycles. The molecule has 266 valence electrons. The number of likely N-dealkylation sites (tertiary alicyclic amines) is 1. The number of nitrogens with one attached hydrogen (secondary N) is 2. The van der Waals surface area contributed by atoms with E-state index in [-0.39, 0.29) is 41.6 Å². The fourth-order valence-electron chi connectivity index (χ4n) is 7.56. The summed E-state index contributed by atoms with van der Waals surface area (Å²) < 4.78 is 4.78. The van der Waals surface area contributed by atoms with Crippen molar-refractivity contribution in [3.05, 3.63) is 112 Å². The van der Waals surface area contributed by atoms with Crippen LogP contribution in [-0.2, 0) is 36.3 Å². The Morgan fingerprint density at radius 3 is 2.67 bits per heavy atom. The Morgan fingerprint density at radius 2 is 1.87 bits per heavy atom. The van der Waals surface area contributed by atoms with Crippen molar-refractivity contribution in [1.82, 2.24) is 44.6 Å². The number of imide groups is 1. The highest BCUT2D eigenvalue weighted by atomic mass is 16.3. The molecule has 15 heteroatoms. The molecule has 3 aliphatic heterocycles. The summed E-state index contributed by atoms with van der Waals surface area (Å²) >= 11 is 0. The molecule has 2 bridgehead atoms. The first-order chi connectivity index (χ1) is 25.2. The smallest absolute Gasteiger partial charge is 0.329 e. The Kier molecular flexibility index (Phi) is 8.63. The van der Waals surface area contributed by atoms with Gasteiger partial charge in [-0.3, -0.25) is 28.8 Å². The number of hydrogen-bond acceptors (Lipinski definition) is 11. The number of hydrogen-bond donors (Lipinski definition) is 3. The lowest BCUT2D eigenvalue weighted by Gasteiger charge is -2.34. The van der Waals surface area contributed by atoms with Crippen molar-refractivity contribution >= 4 is 34.4 Å². The highest BCUT2D eigenvalue weighted by Crippen LogP contribution is 2.34. The van der Waals surface area contributed by atoms with E-state index in [2.05, 4.69) is 30.7 Å². The number of piperazine rings is 1. The van der Waals surface area contributed by atoms with Crippen LogP contribution in [0, 0.1) is 0 Å². The monoisotopic (exact) mass is 702 g/mol. The summed E-state index contributed by atoms with van der Waals surface area (Å²) in [5.41, 5.74) is 3.98. The molecule has 2 amide bonds. The van der Waals surface area contributed by atoms with Gasteiger partial charge in [-0.1, -0.05) is 29.5 Å². The summed E-state index contributed by atoms with van der Waals surface area (Å²) in [4.78, 5) is 59.3. The molecule has 1 unspecified atom stereocenters. The van der Waals surface area contributed by atoms with Crippen LogP contribution in [0.5, 0.6) is 5.75 Å². The quantitative estimate of drug-likeness (QED) is 0.104. The van der Waals surface area contributed by atoms with Gasteiger partial charge in [0.2, 0.25) is 11.8 Å². The first-order valence-electron chi connectivity index (χ1n) is 17.3. The van der Waals surface area contributed by atoms with Crippen LogP contribution in [0.3, 0.4) is 0 Å². The van der Waals surface area contributed by atoms with Crippen LogP contribution in [-0.4, -0.2) is 81.9 Å². The van der Waals surface area contributed by atoms with Crippen molar-refractivity contribution in [2.24, 2.45) is 7.05 Å². The third kappa shape index (κ3) is 6.34. The van der Waals surface area contributed by atoms with Gasteiger partial charge in [0.1, 0.15) is 17.6 Å². The second kappa shape index (κ2) is 13.6. The number of amides is 2. The molecule has 3 aromatic heterocycles. The average Bonchev–Trinajstić information content (AvgIpc) is 3.92. The second-order valence-corrected chi connectivity index (χ2v) is 13.6. The van der Waals surface area contributed by atoms with Gasteiger partial charge < -0.3 is 20.2 Å². The number of benzene rings is 2. The number of phenols is 1. The summed E-state index contributed by atoms with van der Waals surface area (Å²) in [6.45, 7) is 3.09. The number of nitrogens with zero attached hydrogens (tertiary/aromatic N) is 8. The van der Waals surface area contributed by atoms with Crippen molar-refractivity contribution < 1.29 is 19.5 Å². The minimum atomic E-state index is -0.718. The SMILES string of the molecule is Cn1c(=O)n(C2CCC(=O)NC2=O)c2ccc(CNCc3cn(Cc4cccc(N5C[C@H]6C[C@@H]5CN6/C=C/C(=O)c5ccccc5O)n4)nn3)cc21. The van der Waals surface area contributed by atoms with Gasteiger partial charge in [0.05, 0.1) is 40.7 Å². The number of phenolic OH excluding ortho intramolecular Hbond substituents is 1. The Hall–Kier alpha value is -6.09. The number of carbonyl (C=O) groups excluding carboxylic acids is 3. The number of rotatable bonds is 11. The molecule has 3 N–H and O–H groups in total. The molecule has 0 saturated carbocycles. The molecular formula is C37H38N10O5. The number of aromatic hydroxyl groups is 1. The average molecular weight is 703 g/mol. The Morgan fingerprint density at radius 1 is 1.00 bits per heavy atom. The van der Waals surface area contributed by atoms with E-state index in [0.717, 1.165) is 42.3 Å². The zero-order chi connectivity index (χ0) is 35.9. The Labute approximate surface area is 298 Å². The minimum Gasteiger partial charge on any atom is -0.507 e. The van der Waals surface area contributed by atoms with Crippen LogP contribution in [0.1, 0.15) is 52.6 Å². The maximum absolute atomic E-state index is 13.1. The summed E-state index contributed by atoms with van der Waals surface area (Å²) in [5.74, 6) is -0.0828. The molecule has 0 aliphatic carbocycles. The maximum atomic E-state index is 13.1. The fraction of sp³-hybridized carbons (Fsp3) is 0.324. The van der Waals surface area contributed by atoms with Crippen molar-refractivity contribution in [2.75, 3.05) is 18.0 Å². The fourth-order valence-corrected chi connectivity index (χ4v) is 7.56. The first-order valence-corrected chi connectivity index (χ1v) is 17.3. The number of pyridine rings is 1. The van der Waals surface area contributed by atoms with Crippen LogP contribution in [0.25, 0.3) is 11.0 Å². The number of anilines is 1. The van der Waals surface area contributed by atoms with E-state index in [1.807, 2.05) is 48.8 Å². The normalized spacial score (nSPS) is 20.1. The molecular weight excluding hydrogens is 664 g/mol. The van der Waals surface area contributed by atoms with Gasteiger partial charge in [0, 0.05) is 64.0 Å².